The molecule has 4 nitrogen and oxygen atoms in total. The molecule has 2 heterocycles. The van der Waals surface area contributed by atoms with E-state index in [2.05, 4.69) is 5.32 Å². The lowest BCUT2D eigenvalue weighted by Gasteiger charge is -2.42. The standard InChI is InChI=1S/C16H23N3O/c17-15(9-12-4-2-1-3-5-12)16(20)19-10-13-6-7-18-14(8-13)11-19/h1-5,13-15,18H,6-11,17H2/t13?,14?,15-/m0/s1. The second kappa shape index (κ2) is 5.94. The highest BCUT2D eigenvalue weighted by atomic mass is 16.2. The number of carbonyl (C=O) groups excluding carboxylic acids is 1. The van der Waals surface area contributed by atoms with Gasteiger partial charge in [0.1, 0.15) is 0 Å². The predicted octanol–water partition coefficient (Wildman–Crippen LogP) is 0.767. The second-order valence-corrected chi connectivity index (χ2v) is 6.08. The number of likely N-dealkylation sites (tertiary alicyclic amines) is 1. The third-order valence-corrected chi connectivity index (χ3v) is 4.45. The number of hydrogen-bond donors (Lipinski definition) is 2. The van der Waals surface area contributed by atoms with Crippen LogP contribution in [0.1, 0.15) is 18.4 Å². The number of nitrogens with two attached hydrogens (primary N) is 1. The average Bonchev–Trinajstić information content (AvgIpc) is 2.47. The fourth-order valence-corrected chi connectivity index (χ4v) is 3.42. The van der Waals surface area contributed by atoms with Gasteiger partial charge in [-0.25, -0.2) is 0 Å². The molecule has 3 atom stereocenters. The van der Waals surface area contributed by atoms with E-state index < -0.39 is 6.04 Å². The summed E-state index contributed by atoms with van der Waals surface area (Å²) in [6, 6.07) is 10.1. The van der Waals surface area contributed by atoms with E-state index in [4.69, 9.17) is 5.73 Å². The first-order valence-corrected chi connectivity index (χ1v) is 7.54. The van der Waals surface area contributed by atoms with Crippen LogP contribution in [-0.4, -0.2) is 42.5 Å². The van der Waals surface area contributed by atoms with E-state index in [0.717, 1.165) is 25.2 Å². The van der Waals surface area contributed by atoms with Crippen molar-refractivity contribution in [2.45, 2.75) is 31.3 Å². The van der Waals surface area contributed by atoms with Crippen LogP contribution >= 0.6 is 0 Å². The Morgan fingerprint density at radius 1 is 1.35 bits per heavy atom. The van der Waals surface area contributed by atoms with Gasteiger partial charge in [-0.15, -0.1) is 0 Å². The molecule has 3 N–H and O–H groups in total. The van der Waals surface area contributed by atoms with Crippen molar-refractivity contribution in [2.75, 3.05) is 19.6 Å². The molecule has 1 amide bonds. The molecule has 0 spiro atoms. The Balaban J connectivity index is 1.60. The number of carbonyl (C=O) groups is 1. The molecular weight excluding hydrogens is 250 g/mol. The highest BCUT2D eigenvalue weighted by molar-refractivity contribution is 5.82. The Hall–Kier alpha value is -1.39. The molecule has 1 aromatic carbocycles. The van der Waals surface area contributed by atoms with Gasteiger partial charge in [0.2, 0.25) is 5.91 Å². The molecule has 2 fully saturated rings. The lowest BCUT2D eigenvalue weighted by Crippen LogP contribution is -2.58. The van der Waals surface area contributed by atoms with Crippen LogP contribution in [0.25, 0.3) is 0 Å². The molecule has 3 rings (SSSR count). The zero-order chi connectivity index (χ0) is 13.9. The normalized spacial score (nSPS) is 27.1. The van der Waals surface area contributed by atoms with Crippen LogP contribution in [0, 0.1) is 5.92 Å². The SMILES string of the molecule is N[C@@H](Cc1ccccc1)C(=O)N1CC2CCNC(C2)C1. The lowest BCUT2D eigenvalue weighted by atomic mass is 9.87. The first kappa shape index (κ1) is 13.6. The van der Waals surface area contributed by atoms with Gasteiger partial charge in [0, 0.05) is 19.1 Å². The molecule has 0 aliphatic carbocycles. The van der Waals surface area contributed by atoms with Crippen molar-refractivity contribution in [2.24, 2.45) is 11.7 Å². The monoisotopic (exact) mass is 273 g/mol. The summed E-state index contributed by atoms with van der Waals surface area (Å²) >= 11 is 0. The van der Waals surface area contributed by atoms with Gasteiger partial charge in [-0.1, -0.05) is 30.3 Å². The molecule has 0 saturated carbocycles. The number of hydrogen-bond acceptors (Lipinski definition) is 3. The molecule has 20 heavy (non-hydrogen) atoms. The lowest BCUT2D eigenvalue weighted by molar-refractivity contribution is -0.135. The van der Waals surface area contributed by atoms with Gasteiger partial charge in [0.15, 0.2) is 0 Å². The molecule has 2 bridgehead atoms. The smallest absolute Gasteiger partial charge is 0.239 e. The Morgan fingerprint density at radius 3 is 2.90 bits per heavy atom. The maximum atomic E-state index is 12.5. The quantitative estimate of drug-likeness (QED) is 0.855. The average molecular weight is 273 g/mol. The van der Waals surface area contributed by atoms with Crippen molar-refractivity contribution in [3.8, 4) is 0 Å². The van der Waals surface area contributed by atoms with Crippen LogP contribution in [0.15, 0.2) is 30.3 Å². The second-order valence-electron chi connectivity index (χ2n) is 6.08. The molecular formula is C16H23N3O. The number of rotatable bonds is 3. The van der Waals surface area contributed by atoms with Gasteiger partial charge in [0.05, 0.1) is 6.04 Å². The van der Waals surface area contributed by atoms with E-state index in [1.54, 1.807) is 0 Å². The van der Waals surface area contributed by atoms with Gasteiger partial charge < -0.3 is 16.0 Å². The van der Waals surface area contributed by atoms with E-state index in [-0.39, 0.29) is 5.91 Å². The molecule has 2 aliphatic heterocycles. The summed E-state index contributed by atoms with van der Waals surface area (Å²) < 4.78 is 0. The molecule has 0 aromatic heterocycles. The third-order valence-electron chi connectivity index (χ3n) is 4.45. The molecule has 2 aliphatic rings. The Bertz CT molecular complexity index is 450. The van der Waals surface area contributed by atoms with Crippen molar-refractivity contribution in [1.82, 2.24) is 10.2 Å². The molecule has 0 radical (unpaired) electrons. The summed E-state index contributed by atoms with van der Waals surface area (Å²) in [4.78, 5) is 14.5. The summed E-state index contributed by atoms with van der Waals surface area (Å²) in [5, 5.41) is 3.49. The van der Waals surface area contributed by atoms with E-state index in [1.165, 1.54) is 12.8 Å². The van der Waals surface area contributed by atoms with Crippen molar-refractivity contribution in [1.29, 1.82) is 0 Å². The highest BCUT2D eigenvalue weighted by Gasteiger charge is 2.33. The minimum Gasteiger partial charge on any atom is -0.340 e. The molecule has 4 heteroatoms. The van der Waals surface area contributed by atoms with Crippen LogP contribution in [0.5, 0.6) is 0 Å². The molecule has 108 valence electrons. The van der Waals surface area contributed by atoms with Crippen LogP contribution in [0.3, 0.4) is 0 Å². The highest BCUT2D eigenvalue weighted by Crippen LogP contribution is 2.24. The zero-order valence-electron chi connectivity index (χ0n) is 11.8. The van der Waals surface area contributed by atoms with Gasteiger partial charge in [-0.3, -0.25) is 4.79 Å². The summed E-state index contributed by atoms with van der Waals surface area (Å²) in [6.07, 6.45) is 3.00. The first-order valence-electron chi connectivity index (χ1n) is 7.54. The maximum absolute atomic E-state index is 12.5. The molecule has 1 aromatic rings. The van der Waals surface area contributed by atoms with Crippen LogP contribution in [0.4, 0.5) is 0 Å². The fourth-order valence-electron chi connectivity index (χ4n) is 3.42. The van der Waals surface area contributed by atoms with Gasteiger partial charge in [-0.2, -0.15) is 0 Å². The molecule has 2 unspecified atom stereocenters. The Kier molecular flexibility index (Phi) is 4.03. The summed E-state index contributed by atoms with van der Waals surface area (Å²) in [5.41, 5.74) is 7.25. The van der Waals surface area contributed by atoms with E-state index in [9.17, 15) is 4.79 Å². The molecule has 2 saturated heterocycles. The number of amides is 1. The van der Waals surface area contributed by atoms with E-state index in [1.807, 2.05) is 35.2 Å². The van der Waals surface area contributed by atoms with Crippen LogP contribution in [-0.2, 0) is 11.2 Å². The predicted molar refractivity (Wildman–Crippen MR) is 79.2 cm³/mol. The summed E-state index contributed by atoms with van der Waals surface area (Å²) in [6.45, 7) is 2.80. The summed E-state index contributed by atoms with van der Waals surface area (Å²) in [7, 11) is 0. The van der Waals surface area contributed by atoms with Gasteiger partial charge in [0.25, 0.3) is 0 Å². The van der Waals surface area contributed by atoms with Crippen molar-refractivity contribution < 1.29 is 4.79 Å². The third kappa shape index (κ3) is 3.02. The Morgan fingerprint density at radius 2 is 2.15 bits per heavy atom. The number of nitrogens with zero attached hydrogens (tertiary/aromatic N) is 1. The number of nitrogens with one attached hydrogen (secondary N) is 1. The zero-order valence-corrected chi connectivity index (χ0v) is 11.8. The van der Waals surface area contributed by atoms with E-state index in [0.29, 0.717) is 18.4 Å². The largest absolute Gasteiger partial charge is 0.340 e. The van der Waals surface area contributed by atoms with Crippen molar-refractivity contribution in [3.63, 3.8) is 0 Å². The minimum atomic E-state index is -0.420. The van der Waals surface area contributed by atoms with Gasteiger partial charge >= 0.3 is 0 Å². The number of fused-ring (bicyclic) bond motifs is 2. The Labute approximate surface area is 120 Å². The van der Waals surface area contributed by atoms with Crippen molar-refractivity contribution >= 4 is 5.91 Å². The number of benzene rings is 1. The summed E-state index contributed by atoms with van der Waals surface area (Å²) in [5.74, 6) is 0.759. The van der Waals surface area contributed by atoms with Gasteiger partial charge in [-0.05, 0) is 37.3 Å². The topological polar surface area (TPSA) is 58.4 Å². The van der Waals surface area contributed by atoms with Crippen LogP contribution < -0.4 is 11.1 Å². The van der Waals surface area contributed by atoms with Crippen LogP contribution in [0.2, 0.25) is 0 Å². The first-order chi connectivity index (χ1) is 9.72. The minimum absolute atomic E-state index is 0.104. The van der Waals surface area contributed by atoms with Crippen molar-refractivity contribution in [3.05, 3.63) is 35.9 Å². The van der Waals surface area contributed by atoms with E-state index >= 15 is 0 Å². The maximum Gasteiger partial charge on any atom is 0.239 e. The number of piperidine rings is 2. The fraction of sp³-hybridized carbons (Fsp3) is 0.562.